The largest absolute Gasteiger partial charge is 0.491 e. The molecule has 1 aromatic carbocycles. The fourth-order valence-electron chi connectivity index (χ4n) is 2.39. The van der Waals surface area contributed by atoms with Crippen molar-refractivity contribution in [3.8, 4) is 5.75 Å². The molecule has 0 unspecified atom stereocenters. The molecule has 0 atom stereocenters. The van der Waals surface area contributed by atoms with Crippen LogP contribution in [0.1, 0.15) is 43.5 Å². The Balaban J connectivity index is 1.67. The summed E-state index contributed by atoms with van der Waals surface area (Å²) in [6, 6.07) is 7.67. The molecule has 0 fully saturated rings. The van der Waals surface area contributed by atoms with E-state index in [1.807, 2.05) is 24.3 Å². The molecule has 0 radical (unpaired) electrons. The van der Waals surface area contributed by atoms with Gasteiger partial charge in [-0.3, -0.25) is 4.79 Å². The van der Waals surface area contributed by atoms with Crippen LogP contribution in [0.15, 0.2) is 28.8 Å². The van der Waals surface area contributed by atoms with Crippen LogP contribution in [-0.4, -0.2) is 36.4 Å². The maximum Gasteiger partial charge on any atom is 0.226 e. The van der Waals surface area contributed by atoms with Crippen LogP contribution in [0.3, 0.4) is 0 Å². The van der Waals surface area contributed by atoms with E-state index in [-0.39, 0.29) is 5.91 Å². The molecule has 0 saturated carbocycles. The van der Waals surface area contributed by atoms with E-state index >= 15 is 0 Å². The summed E-state index contributed by atoms with van der Waals surface area (Å²) < 4.78 is 15.7. The van der Waals surface area contributed by atoms with Gasteiger partial charge in [-0.25, -0.2) is 0 Å². The summed E-state index contributed by atoms with van der Waals surface area (Å²) in [6.45, 7) is 3.59. The summed E-state index contributed by atoms with van der Waals surface area (Å²) in [5.41, 5.74) is 0.995. The number of rotatable bonds is 12. The van der Waals surface area contributed by atoms with E-state index in [0.717, 1.165) is 30.0 Å². The SMILES string of the molecule is CCCc1noc(CCCC(=O)NCc2cccc(OCCOC)c2)n1. The molecule has 1 amide bonds. The minimum absolute atomic E-state index is 0.00370. The number of carbonyl (C=O) groups is 1. The number of hydrogen-bond donors (Lipinski definition) is 1. The van der Waals surface area contributed by atoms with Crippen molar-refractivity contribution >= 4 is 5.91 Å². The lowest BCUT2D eigenvalue weighted by Crippen LogP contribution is -2.22. The predicted molar refractivity (Wildman–Crippen MR) is 96.9 cm³/mol. The predicted octanol–water partition coefficient (Wildman–Crippen LogP) is 2.69. The van der Waals surface area contributed by atoms with Gasteiger partial charge in [0.1, 0.15) is 12.4 Å². The first-order valence-corrected chi connectivity index (χ1v) is 9.00. The second-order valence-corrected chi connectivity index (χ2v) is 5.97. The van der Waals surface area contributed by atoms with Crippen molar-refractivity contribution in [2.75, 3.05) is 20.3 Å². The Hall–Kier alpha value is -2.41. The van der Waals surface area contributed by atoms with Gasteiger partial charge in [0.2, 0.25) is 11.8 Å². The Morgan fingerprint density at radius 3 is 2.96 bits per heavy atom. The second kappa shape index (κ2) is 11.3. The van der Waals surface area contributed by atoms with Gasteiger partial charge in [-0.1, -0.05) is 24.2 Å². The number of hydrogen-bond acceptors (Lipinski definition) is 6. The number of nitrogens with zero attached hydrogens (tertiary/aromatic N) is 2. The van der Waals surface area contributed by atoms with Crippen molar-refractivity contribution < 1.29 is 18.8 Å². The fraction of sp³-hybridized carbons (Fsp3) is 0.526. The van der Waals surface area contributed by atoms with Crippen molar-refractivity contribution in [3.05, 3.63) is 41.5 Å². The Morgan fingerprint density at radius 2 is 2.15 bits per heavy atom. The third-order valence-corrected chi connectivity index (χ3v) is 3.72. The summed E-state index contributed by atoms with van der Waals surface area (Å²) in [5.74, 6) is 2.11. The van der Waals surface area contributed by atoms with Crippen LogP contribution >= 0.6 is 0 Å². The molecule has 0 aliphatic heterocycles. The number of nitrogens with one attached hydrogen (secondary N) is 1. The number of carbonyl (C=O) groups excluding carboxylic acids is 1. The number of ether oxygens (including phenoxy) is 2. The van der Waals surface area contributed by atoms with Gasteiger partial charge in [-0.15, -0.1) is 0 Å². The first-order valence-electron chi connectivity index (χ1n) is 9.00. The number of aromatic nitrogens is 2. The topological polar surface area (TPSA) is 86.5 Å². The summed E-state index contributed by atoms with van der Waals surface area (Å²) in [6.07, 6.45) is 3.53. The van der Waals surface area contributed by atoms with Gasteiger partial charge in [-0.2, -0.15) is 4.98 Å². The highest BCUT2D eigenvalue weighted by molar-refractivity contribution is 5.75. The molecule has 2 rings (SSSR count). The van der Waals surface area contributed by atoms with Gasteiger partial charge in [0, 0.05) is 32.9 Å². The lowest BCUT2D eigenvalue weighted by molar-refractivity contribution is -0.121. The van der Waals surface area contributed by atoms with E-state index in [1.165, 1.54) is 0 Å². The summed E-state index contributed by atoms with van der Waals surface area (Å²) in [7, 11) is 1.64. The highest BCUT2D eigenvalue weighted by Gasteiger charge is 2.07. The van der Waals surface area contributed by atoms with Crippen LogP contribution < -0.4 is 10.1 Å². The summed E-state index contributed by atoms with van der Waals surface area (Å²) >= 11 is 0. The lowest BCUT2D eigenvalue weighted by atomic mass is 10.2. The highest BCUT2D eigenvalue weighted by Crippen LogP contribution is 2.13. The zero-order valence-corrected chi connectivity index (χ0v) is 15.5. The van der Waals surface area contributed by atoms with Gasteiger partial charge < -0.3 is 19.3 Å². The Morgan fingerprint density at radius 1 is 1.27 bits per heavy atom. The first kappa shape index (κ1) is 19.9. The smallest absolute Gasteiger partial charge is 0.226 e. The molecule has 0 aliphatic rings. The van der Waals surface area contributed by atoms with E-state index in [2.05, 4.69) is 22.4 Å². The van der Waals surface area contributed by atoms with Crippen LogP contribution in [0.4, 0.5) is 0 Å². The quantitative estimate of drug-likeness (QED) is 0.585. The lowest BCUT2D eigenvalue weighted by Gasteiger charge is -2.08. The normalized spacial score (nSPS) is 10.7. The van der Waals surface area contributed by atoms with Crippen molar-refractivity contribution in [1.29, 1.82) is 0 Å². The molecule has 7 heteroatoms. The third-order valence-electron chi connectivity index (χ3n) is 3.72. The fourth-order valence-corrected chi connectivity index (χ4v) is 2.39. The van der Waals surface area contributed by atoms with Crippen molar-refractivity contribution in [3.63, 3.8) is 0 Å². The third kappa shape index (κ3) is 7.23. The zero-order chi connectivity index (χ0) is 18.6. The van der Waals surface area contributed by atoms with Gasteiger partial charge >= 0.3 is 0 Å². The monoisotopic (exact) mass is 361 g/mol. The van der Waals surface area contributed by atoms with Crippen LogP contribution in [-0.2, 0) is 28.9 Å². The Kier molecular flexibility index (Phi) is 8.62. The van der Waals surface area contributed by atoms with E-state index < -0.39 is 0 Å². The molecule has 1 heterocycles. The van der Waals surface area contributed by atoms with Gasteiger partial charge in [0.15, 0.2) is 5.82 Å². The molecule has 0 aliphatic carbocycles. The highest BCUT2D eigenvalue weighted by atomic mass is 16.5. The number of amides is 1. The molecule has 142 valence electrons. The standard InChI is InChI=1S/C19H27N3O4/c1-3-6-17-21-19(26-22-17)10-5-9-18(23)20-14-15-7-4-8-16(13-15)25-12-11-24-2/h4,7-8,13H,3,5-6,9-12,14H2,1-2H3,(H,20,23). The van der Waals surface area contributed by atoms with Crippen LogP contribution in [0.25, 0.3) is 0 Å². The van der Waals surface area contributed by atoms with E-state index in [0.29, 0.717) is 44.9 Å². The minimum atomic E-state index is 0.00370. The summed E-state index contributed by atoms with van der Waals surface area (Å²) in [4.78, 5) is 16.3. The Bertz CT molecular complexity index is 672. The molecule has 0 bridgehead atoms. The molecule has 7 nitrogen and oxygen atoms in total. The van der Waals surface area contributed by atoms with Crippen LogP contribution in [0.5, 0.6) is 5.75 Å². The minimum Gasteiger partial charge on any atom is -0.491 e. The van der Waals surface area contributed by atoms with E-state index in [1.54, 1.807) is 7.11 Å². The maximum atomic E-state index is 12.0. The summed E-state index contributed by atoms with van der Waals surface area (Å²) in [5, 5.41) is 6.83. The molecule has 1 N–H and O–H groups in total. The van der Waals surface area contributed by atoms with E-state index in [4.69, 9.17) is 14.0 Å². The maximum absolute atomic E-state index is 12.0. The van der Waals surface area contributed by atoms with E-state index in [9.17, 15) is 4.79 Å². The van der Waals surface area contributed by atoms with Gasteiger partial charge in [0.25, 0.3) is 0 Å². The average Bonchev–Trinajstić information content (AvgIpc) is 3.08. The molecule has 26 heavy (non-hydrogen) atoms. The zero-order valence-electron chi connectivity index (χ0n) is 15.5. The molecule has 0 spiro atoms. The van der Waals surface area contributed by atoms with Crippen LogP contribution in [0, 0.1) is 0 Å². The van der Waals surface area contributed by atoms with Gasteiger partial charge in [0.05, 0.1) is 6.61 Å². The molecule has 0 saturated heterocycles. The second-order valence-electron chi connectivity index (χ2n) is 5.97. The Labute approximate surface area is 154 Å². The molecule has 2 aromatic rings. The number of methoxy groups -OCH3 is 1. The van der Waals surface area contributed by atoms with Gasteiger partial charge in [-0.05, 0) is 30.5 Å². The molecular weight excluding hydrogens is 334 g/mol. The molecular formula is C19H27N3O4. The van der Waals surface area contributed by atoms with Crippen molar-refractivity contribution in [2.45, 2.75) is 45.6 Å². The molecule has 1 aromatic heterocycles. The first-order chi connectivity index (χ1) is 12.7. The number of benzene rings is 1. The van der Waals surface area contributed by atoms with Crippen molar-refractivity contribution in [2.24, 2.45) is 0 Å². The number of aryl methyl sites for hydroxylation is 2. The van der Waals surface area contributed by atoms with Crippen LogP contribution in [0.2, 0.25) is 0 Å². The average molecular weight is 361 g/mol. The van der Waals surface area contributed by atoms with Crippen molar-refractivity contribution in [1.82, 2.24) is 15.5 Å².